The van der Waals surface area contributed by atoms with E-state index in [0.29, 0.717) is 24.1 Å². The number of nitrogens with one attached hydrogen (secondary N) is 1. The number of aliphatic hydroxyl groups excluding tert-OH is 1. The van der Waals surface area contributed by atoms with Crippen LogP contribution in [0.25, 0.3) is 0 Å². The minimum atomic E-state index is -1.16. The van der Waals surface area contributed by atoms with E-state index in [1.165, 1.54) is 4.90 Å². The third kappa shape index (κ3) is 3.71. The number of amides is 2. The van der Waals surface area contributed by atoms with Crippen LogP contribution in [0.4, 0.5) is 5.69 Å². The molecule has 1 spiro atoms. The molecule has 190 valence electrons. The van der Waals surface area contributed by atoms with Crippen LogP contribution in [0, 0.1) is 25.7 Å². The average molecular weight is 493 g/mol. The lowest BCUT2D eigenvalue weighted by molar-refractivity contribution is -0.155. The zero-order chi connectivity index (χ0) is 25.6. The number of carbonyl (C=O) groups is 3. The second kappa shape index (κ2) is 9.33. The molecule has 8 nitrogen and oxygen atoms in total. The highest BCUT2D eigenvalue weighted by Crippen LogP contribution is 2.60. The molecule has 3 aliphatic rings. The van der Waals surface area contributed by atoms with Crippen molar-refractivity contribution in [2.45, 2.75) is 57.4 Å². The maximum atomic E-state index is 14.1. The molecule has 8 heteroatoms. The predicted octanol–water partition coefficient (Wildman–Crippen LogP) is 2.91. The van der Waals surface area contributed by atoms with E-state index in [2.05, 4.69) is 5.32 Å². The molecule has 0 saturated carbocycles. The standard InChI is InChI=1S/C28H32N2O6/c1-4-35-27(34)22-21-12-13-28(36-21)23(22)26(33)30(20(15-31)18-8-6-5-7-9-18)24(28)25(32)29-19-14-16(2)10-11-17(19)3/h5-11,14,20-24,31H,4,12-13,15H2,1-3H3,(H,29,32)/t20-,21-,22+,23+,24?,28?/m1/s1. The van der Waals surface area contributed by atoms with E-state index in [1.54, 1.807) is 6.92 Å². The van der Waals surface area contributed by atoms with Crippen LogP contribution in [-0.2, 0) is 23.9 Å². The number of rotatable bonds is 7. The molecule has 36 heavy (non-hydrogen) atoms. The number of carbonyl (C=O) groups excluding carboxylic acids is 3. The average Bonchev–Trinajstić information content (AvgIpc) is 3.50. The molecular formula is C28H32N2O6. The zero-order valence-corrected chi connectivity index (χ0v) is 20.8. The topological polar surface area (TPSA) is 105 Å². The first-order valence-corrected chi connectivity index (χ1v) is 12.5. The van der Waals surface area contributed by atoms with Crippen molar-refractivity contribution in [3.8, 4) is 0 Å². The van der Waals surface area contributed by atoms with Gasteiger partial charge in [0.2, 0.25) is 11.8 Å². The van der Waals surface area contributed by atoms with Gasteiger partial charge in [-0.05, 0) is 56.4 Å². The van der Waals surface area contributed by atoms with E-state index in [-0.39, 0.29) is 25.0 Å². The molecule has 2 bridgehead atoms. The van der Waals surface area contributed by atoms with E-state index < -0.39 is 41.6 Å². The number of ether oxygens (including phenoxy) is 2. The molecular weight excluding hydrogens is 460 g/mol. The summed E-state index contributed by atoms with van der Waals surface area (Å²) in [7, 11) is 0. The second-order valence-electron chi connectivity index (χ2n) is 9.97. The van der Waals surface area contributed by atoms with Crippen LogP contribution in [0.1, 0.15) is 42.5 Å². The van der Waals surface area contributed by atoms with Crippen molar-refractivity contribution >= 4 is 23.5 Å². The maximum Gasteiger partial charge on any atom is 0.312 e. The molecule has 2 unspecified atom stereocenters. The van der Waals surface area contributed by atoms with Gasteiger partial charge in [-0.15, -0.1) is 0 Å². The Balaban J connectivity index is 1.59. The highest BCUT2D eigenvalue weighted by atomic mass is 16.6. The van der Waals surface area contributed by atoms with E-state index in [4.69, 9.17) is 9.47 Å². The lowest BCUT2D eigenvalue weighted by Crippen LogP contribution is -2.54. The van der Waals surface area contributed by atoms with Crippen LogP contribution in [0.15, 0.2) is 48.5 Å². The number of anilines is 1. The van der Waals surface area contributed by atoms with Gasteiger partial charge in [0.1, 0.15) is 11.6 Å². The molecule has 2 aromatic carbocycles. The van der Waals surface area contributed by atoms with Crippen LogP contribution < -0.4 is 5.32 Å². The van der Waals surface area contributed by atoms with Crippen LogP contribution in [0.5, 0.6) is 0 Å². The normalized spacial score (nSPS) is 29.2. The molecule has 3 heterocycles. The minimum Gasteiger partial charge on any atom is -0.466 e. The number of aryl methyl sites for hydroxylation is 2. The molecule has 2 amide bonds. The Labute approximate surface area is 210 Å². The molecule has 5 rings (SSSR count). The summed E-state index contributed by atoms with van der Waals surface area (Å²) in [4.78, 5) is 42.5. The van der Waals surface area contributed by atoms with Crippen molar-refractivity contribution in [1.82, 2.24) is 4.90 Å². The monoisotopic (exact) mass is 492 g/mol. The van der Waals surface area contributed by atoms with Gasteiger partial charge in [0.25, 0.3) is 0 Å². The summed E-state index contributed by atoms with van der Waals surface area (Å²) in [5.74, 6) is -2.85. The number of hydrogen-bond donors (Lipinski definition) is 2. The van der Waals surface area contributed by atoms with Crippen LogP contribution in [-0.4, -0.2) is 58.8 Å². The van der Waals surface area contributed by atoms with Gasteiger partial charge in [0.05, 0.1) is 37.2 Å². The number of esters is 1. The van der Waals surface area contributed by atoms with Crippen molar-refractivity contribution in [3.05, 3.63) is 65.2 Å². The van der Waals surface area contributed by atoms with Crippen molar-refractivity contribution in [2.75, 3.05) is 18.5 Å². The van der Waals surface area contributed by atoms with Gasteiger partial charge < -0.3 is 24.8 Å². The smallest absolute Gasteiger partial charge is 0.312 e. The largest absolute Gasteiger partial charge is 0.466 e. The number of aliphatic hydroxyl groups is 1. The Morgan fingerprint density at radius 2 is 1.97 bits per heavy atom. The summed E-state index contributed by atoms with van der Waals surface area (Å²) in [5, 5.41) is 13.5. The van der Waals surface area contributed by atoms with Crippen molar-refractivity contribution in [3.63, 3.8) is 0 Å². The van der Waals surface area contributed by atoms with Crippen LogP contribution in [0.2, 0.25) is 0 Å². The number of fused-ring (bicyclic) bond motifs is 1. The summed E-state index contributed by atoms with van der Waals surface area (Å²) >= 11 is 0. The number of hydrogen-bond acceptors (Lipinski definition) is 6. The first kappa shape index (κ1) is 24.5. The van der Waals surface area contributed by atoms with Crippen molar-refractivity contribution in [1.29, 1.82) is 0 Å². The predicted molar refractivity (Wildman–Crippen MR) is 132 cm³/mol. The Bertz CT molecular complexity index is 1180. The SMILES string of the molecule is CCOC(=O)[C@@H]1[C@H]2C(=O)N([C@H](CO)c3ccccc3)C(C(=O)Nc3cc(C)ccc3C)C23CC[C@H]1O3. The molecule has 3 aliphatic heterocycles. The summed E-state index contributed by atoms with van der Waals surface area (Å²) in [5.41, 5.74) is 2.08. The number of nitrogens with zero attached hydrogens (tertiary/aromatic N) is 1. The quantitative estimate of drug-likeness (QED) is 0.576. The molecule has 0 radical (unpaired) electrons. The Hall–Kier alpha value is -3.23. The molecule has 2 aromatic rings. The molecule has 0 aliphatic carbocycles. The zero-order valence-electron chi connectivity index (χ0n) is 20.8. The van der Waals surface area contributed by atoms with E-state index in [1.807, 2.05) is 62.4 Å². The highest BCUT2D eigenvalue weighted by molar-refractivity contribution is 6.03. The minimum absolute atomic E-state index is 0.194. The third-order valence-corrected chi connectivity index (χ3v) is 7.89. The van der Waals surface area contributed by atoms with Gasteiger partial charge in [-0.2, -0.15) is 0 Å². The molecule has 3 fully saturated rings. The van der Waals surface area contributed by atoms with E-state index in [0.717, 1.165) is 11.1 Å². The second-order valence-corrected chi connectivity index (χ2v) is 9.97. The van der Waals surface area contributed by atoms with Gasteiger partial charge >= 0.3 is 5.97 Å². The van der Waals surface area contributed by atoms with Crippen LogP contribution >= 0.6 is 0 Å². The molecule has 6 atom stereocenters. The fourth-order valence-corrected chi connectivity index (χ4v) is 6.33. The van der Waals surface area contributed by atoms with Gasteiger partial charge in [0.15, 0.2) is 0 Å². The van der Waals surface area contributed by atoms with E-state index in [9.17, 15) is 19.5 Å². The molecule has 2 N–H and O–H groups in total. The summed E-state index contributed by atoms with van der Waals surface area (Å²) in [6, 6.07) is 13.1. The Kier molecular flexibility index (Phi) is 6.34. The van der Waals surface area contributed by atoms with E-state index >= 15 is 0 Å². The lowest BCUT2D eigenvalue weighted by atomic mass is 9.70. The van der Waals surface area contributed by atoms with Gasteiger partial charge in [-0.1, -0.05) is 42.5 Å². The van der Waals surface area contributed by atoms with Crippen LogP contribution in [0.3, 0.4) is 0 Å². The maximum absolute atomic E-state index is 14.1. The fourth-order valence-electron chi connectivity index (χ4n) is 6.33. The van der Waals surface area contributed by atoms with Gasteiger partial charge in [-0.3, -0.25) is 14.4 Å². The summed E-state index contributed by atoms with van der Waals surface area (Å²) in [6.07, 6.45) is 0.558. The number of likely N-dealkylation sites (tertiary alicyclic amines) is 1. The lowest BCUT2D eigenvalue weighted by Gasteiger charge is -2.37. The summed E-state index contributed by atoms with van der Waals surface area (Å²) in [6.45, 7) is 5.39. The van der Waals surface area contributed by atoms with Gasteiger partial charge in [0, 0.05) is 5.69 Å². The highest BCUT2D eigenvalue weighted by Gasteiger charge is 2.75. The molecule has 3 saturated heterocycles. The van der Waals surface area contributed by atoms with Crippen molar-refractivity contribution in [2.24, 2.45) is 11.8 Å². The molecule has 0 aromatic heterocycles. The first-order chi connectivity index (χ1) is 17.3. The Morgan fingerprint density at radius 1 is 1.22 bits per heavy atom. The fraction of sp³-hybridized carbons (Fsp3) is 0.464. The van der Waals surface area contributed by atoms with Crippen molar-refractivity contribution < 1.29 is 29.0 Å². The summed E-state index contributed by atoms with van der Waals surface area (Å²) < 4.78 is 11.7. The van der Waals surface area contributed by atoms with Gasteiger partial charge in [-0.25, -0.2) is 0 Å². The number of benzene rings is 2. The first-order valence-electron chi connectivity index (χ1n) is 12.5. The Morgan fingerprint density at radius 3 is 2.67 bits per heavy atom. The third-order valence-electron chi connectivity index (χ3n) is 7.89.